The fraction of sp³-hybridized carbons (Fsp3) is 0.500. The van der Waals surface area contributed by atoms with Crippen LogP contribution in [0.3, 0.4) is 0 Å². The van der Waals surface area contributed by atoms with Crippen molar-refractivity contribution in [3.63, 3.8) is 0 Å². The van der Waals surface area contributed by atoms with Crippen molar-refractivity contribution in [1.82, 2.24) is 0 Å². The Morgan fingerprint density at radius 3 is 2.82 bits per heavy atom. The second-order valence-electron chi connectivity index (χ2n) is 4.72. The first-order valence-electron chi connectivity index (χ1n) is 6.20. The molecule has 0 aromatic heterocycles. The molecule has 1 spiro atoms. The molecule has 1 aromatic rings. The van der Waals surface area contributed by atoms with Crippen LogP contribution in [-0.2, 0) is 4.79 Å². The van der Waals surface area contributed by atoms with Crippen molar-refractivity contribution in [2.45, 2.75) is 35.2 Å². The van der Waals surface area contributed by atoms with Crippen molar-refractivity contribution < 1.29 is 4.79 Å². The molecule has 1 saturated heterocycles. The summed E-state index contributed by atoms with van der Waals surface area (Å²) in [5, 5.41) is 0. The summed E-state index contributed by atoms with van der Waals surface area (Å²) in [7, 11) is 0. The van der Waals surface area contributed by atoms with Crippen LogP contribution in [0.1, 0.15) is 25.7 Å². The summed E-state index contributed by atoms with van der Waals surface area (Å²) in [6, 6.07) is 10.7. The average molecular weight is 311 g/mol. The fourth-order valence-corrected chi connectivity index (χ4v) is 8.20. The third-order valence-electron chi connectivity index (χ3n) is 3.71. The van der Waals surface area contributed by atoms with Crippen molar-refractivity contribution >= 4 is 37.0 Å². The number of carbonyl (C=O) groups is 1. The Balaban J connectivity index is 1.81. The van der Waals surface area contributed by atoms with E-state index >= 15 is 0 Å². The number of thioether (sulfide) groups is 1. The first-order chi connectivity index (χ1) is 8.31. The third-order valence-corrected chi connectivity index (χ3v) is 8.79. The van der Waals surface area contributed by atoms with Crippen LogP contribution < -0.4 is 4.46 Å². The normalized spacial score (nSPS) is 32.5. The number of rotatable bonds is 2. The van der Waals surface area contributed by atoms with Gasteiger partial charge in [-0.25, -0.2) is 0 Å². The first kappa shape index (κ1) is 11.8. The molecule has 0 amide bonds. The van der Waals surface area contributed by atoms with E-state index in [1.165, 1.54) is 16.6 Å². The molecule has 1 nitrogen and oxygen atoms in total. The van der Waals surface area contributed by atoms with E-state index in [0.717, 1.165) is 19.3 Å². The molecule has 3 rings (SSSR count). The quantitative estimate of drug-likeness (QED) is 0.781. The standard InChI is InChI=1S/C14H16OSSe/c15-12-7-4-9-14(12)13(8-10-16-14)17-11-5-2-1-3-6-11/h1-3,5-6,13H,4,7-10H2/t13-,14?/m0/s1. The van der Waals surface area contributed by atoms with E-state index in [1.807, 2.05) is 11.8 Å². The molecule has 1 aromatic carbocycles. The number of hydrogen-bond donors (Lipinski definition) is 0. The van der Waals surface area contributed by atoms with Gasteiger partial charge < -0.3 is 0 Å². The fourth-order valence-electron chi connectivity index (χ4n) is 2.85. The van der Waals surface area contributed by atoms with Gasteiger partial charge in [0.15, 0.2) is 0 Å². The maximum atomic E-state index is 12.2. The topological polar surface area (TPSA) is 17.1 Å². The van der Waals surface area contributed by atoms with Crippen LogP contribution in [0.5, 0.6) is 0 Å². The van der Waals surface area contributed by atoms with Crippen LogP contribution in [0.15, 0.2) is 30.3 Å². The average Bonchev–Trinajstić information content (AvgIpc) is 2.91. The molecule has 3 heteroatoms. The molecule has 1 aliphatic heterocycles. The van der Waals surface area contributed by atoms with Gasteiger partial charge in [0.25, 0.3) is 0 Å². The summed E-state index contributed by atoms with van der Waals surface area (Å²) in [5.74, 6) is 1.73. The Morgan fingerprint density at radius 1 is 1.29 bits per heavy atom. The van der Waals surface area contributed by atoms with E-state index in [-0.39, 0.29) is 4.75 Å². The van der Waals surface area contributed by atoms with Gasteiger partial charge >= 0.3 is 113 Å². The van der Waals surface area contributed by atoms with E-state index in [2.05, 4.69) is 30.3 Å². The maximum absolute atomic E-state index is 12.2. The van der Waals surface area contributed by atoms with Crippen LogP contribution in [0.25, 0.3) is 0 Å². The van der Waals surface area contributed by atoms with E-state index < -0.39 is 0 Å². The zero-order valence-corrected chi connectivity index (χ0v) is 12.3. The van der Waals surface area contributed by atoms with Crippen LogP contribution in [0.4, 0.5) is 0 Å². The van der Waals surface area contributed by atoms with Gasteiger partial charge in [0.2, 0.25) is 0 Å². The van der Waals surface area contributed by atoms with E-state index in [9.17, 15) is 4.79 Å². The summed E-state index contributed by atoms with van der Waals surface area (Å²) in [6.45, 7) is 0. The van der Waals surface area contributed by atoms with Gasteiger partial charge in [0.05, 0.1) is 0 Å². The van der Waals surface area contributed by atoms with Crippen LogP contribution in [0, 0.1) is 0 Å². The zero-order valence-electron chi connectivity index (χ0n) is 9.72. The minimum atomic E-state index is 0.0237. The molecule has 2 aliphatic rings. The molecule has 0 bridgehead atoms. The summed E-state index contributed by atoms with van der Waals surface area (Å²) in [6.07, 6.45) is 4.32. The molecule has 1 unspecified atom stereocenters. The molecular weight excluding hydrogens is 295 g/mol. The van der Waals surface area contributed by atoms with Crippen LogP contribution in [-0.4, -0.2) is 31.2 Å². The van der Waals surface area contributed by atoms with Gasteiger partial charge in [-0.1, -0.05) is 0 Å². The number of hydrogen-bond acceptors (Lipinski definition) is 2. The van der Waals surface area contributed by atoms with E-state index in [1.54, 1.807) is 0 Å². The second kappa shape index (κ2) is 4.79. The van der Waals surface area contributed by atoms with Gasteiger partial charge in [-0.2, -0.15) is 0 Å². The van der Waals surface area contributed by atoms with Crippen LogP contribution in [0.2, 0.25) is 4.82 Å². The molecule has 17 heavy (non-hydrogen) atoms. The van der Waals surface area contributed by atoms with Gasteiger partial charge in [0, 0.05) is 0 Å². The number of Topliss-reactive ketones (excluding diaryl/α,β-unsaturated/α-hetero) is 1. The van der Waals surface area contributed by atoms with Gasteiger partial charge in [-0.3, -0.25) is 0 Å². The molecule has 0 radical (unpaired) electrons. The monoisotopic (exact) mass is 312 g/mol. The van der Waals surface area contributed by atoms with Gasteiger partial charge in [-0.15, -0.1) is 0 Å². The molecule has 1 saturated carbocycles. The van der Waals surface area contributed by atoms with Crippen LogP contribution >= 0.6 is 11.8 Å². The summed E-state index contributed by atoms with van der Waals surface area (Å²) < 4.78 is 1.47. The first-order valence-corrected chi connectivity index (χ1v) is 9.03. The second-order valence-corrected chi connectivity index (χ2v) is 8.83. The molecule has 1 heterocycles. The van der Waals surface area contributed by atoms with Gasteiger partial charge in [-0.05, 0) is 0 Å². The zero-order chi connectivity index (χ0) is 11.7. The predicted molar refractivity (Wildman–Crippen MR) is 74.2 cm³/mol. The number of benzene rings is 1. The summed E-state index contributed by atoms with van der Waals surface area (Å²) in [5.41, 5.74) is 0. The van der Waals surface area contributed by atoms with Crippen molar-refractivity contribution in [2.24, 2.45) is 0 Å². The molecule has 2 fully saturated rings. The molecule has 1 aliphatic carbocycles. The molecule has 90 valence electrons. The Labute approximate surface area is 113 Å². The van der Waals surface area contributed by atoms with Crippen molar-refractivity contribution in [1.29, 1.82) is 0 Å². The Bertz CT molecular complexity index is 415. The predicted octanol–water partition coefficient (Wildman–Crippen LogP) is 2.43. The van der Waals surface area contributed by atoms with E-state index in [4.69, 9.17) is 0 Å². The molecular formula is C14H16OSSe. The number of ketones is 1. The summed E-state index contributed by atoms with van der Waals surface area (Å²) in [4.78, 5) is 12.8. The third kappa shape index (κ3) is 2.09. The van der Waals surface area contributed by atoms with Gasteiger partial charge in [0.1, 0.15) is 0 Å². The van der Waals surface area contributed by atoms with Crippen molar-refractivity contribution in [3.8, 4) is 0 Å². The Hall–Kier alpha value is -0.241. The molecule has 2 atom stereocenters. The minimum absolute atomic E-state index is 0.0237. The SMILES string of the molecule is O=C1CCCC12SCC[C@@H]2[Se]c1ccccc1. The van der Waals surface area contributed by atoms with Crippen molar-refractivity contribution in [3.05, 3.63) is 30.3 Å². The Morgan fingerprint density at radius 2 is 2.12 bits per heavy atom. The number of carbonyl (C=O) groups excluding carboxylic acids is 1. The Kier molecular flexibility index (Phi) is 3.34. The molecule has 0 N–H and O–H groups in total. The van der Waals surface area contributed by atoms with Crippen molar-refractivity contribution in [2.75, 3.05) is 5.75 Å². The van der Waals surface area contributed by atoms with E-state index in [0.29, 0.717) is 25.6 Å². The summed E-state index contributed by atoms with van der Waals surface area (Å²) >= 11 is 2.42.